The largest absolute Gasteiger partial charge is 0.443 e. The molecule has 5 aromatic heterocycles. The molecule has 0 aromatic carbocycles. The molecule has 18 nitrogen and oxygen atoms in total. The monoisotopic (exact) mass is 905 g/mol. The van der Waals surface area contributed by atoms with Gasteiger partial charge in [0.25, 0.3) is 0 Å². The maximum Gasteiger partial charge on any atom is 0.425 e. The van der Waals surface area contributed by atoms with E-state index in [9.17, 15) is 20.1 Å². The Hall–Kier alpha value is -6.24. The van der Waals surface area contributed by atoms with Crippen LogP contribution in [0.2, 0.25) is 0 Å². The maximum atomic E-state index is 13.6. The second-order valence-corrected chi connectivity index (χ2v) is 18.7. The third kappa shape index (κ3) is 12.6. The normalized spacial score (nSPS) is 15.5. The van der Waals surface area contributed by atoms with E-state index in [1.54, 1.807) is 54.1 Å². The number of nitrogens with zero attached hydrogens (tertiary/aromatic N) is 11. The molecular weight excluding hydrogens is 841 g/mol. The van der Waals surface area contributed by atoms with E-state index in [0.717, 1.165) is 52.9 Å². The summed E-state index contributed by atoms with van der Waals surface area (Å²) in [5.74, 6) is 0.915. The first kappa shape index (κ1) is 49.2. The molecule has 1 N–H and O–H groups in total. The third-order valence-corrected chi connectivity index (χ3v) is 11.6. The Balaban J connectivity index is 0.000000260. The lowest BCUT2D eigenvalue weighted by atomic mass is 9.96. The van der Waals surface area contributed by atoms with E-state index >= 15 is 0 Å². The molecule has 2 amide bonds. The molecule has 0 unspecified atom stereocenters. The highest BCUT2D eigenvalue weighted by Crippen LogP contribution is 2.39. The van der Waals surface area contributed by atoms with Crippen LogP contribution < -0.4 is 4.90 Å². The van der Waals surface area contributed by atoms with Gasteiger partial charge in [0.1, 0.15) is 29.5 Å². The van der Waals surface area contributed by atoms with E-state index in [-0.39, 0.29) is 24.3 Å². The summed E-state index contributed by atoms with van der Waals surface area (Å²) >= 11 is 0. The number of H-pyrrole nitrogens is 1. The molecule has 18 heteroatoms. The van der Waals surface area contributed by atoms with Crippen LogP contribution in [-0.4, -0.2) is 87.4 Å². The van der Waals surface area contributed by atoms with Crippen molar-refractivity contribution >= 4 is 29.0 Å². The third-order valence-electron chi connectivity index (χ3n) is 11.6. The van der Waals surface area contributed by atoms with Crippen LogP contribution in [0.25, 0.3) is 33.5 Å². The minimum atomic E-state index is -0.942. The molecule has 5 heterocycles. The zero-order valence-electron chi connectivity index (χ0n) is 39.6. The summed E-state index contributed by atoms with van der Waals surface area (Å²) in [6.07, 6.45) is 19.8. The Labute approximate surface area is 387 Å². The van der Waals surface area contributed by atoms with E-state index in [1.165, 1.54) is 32.0 Å². The number of nitrogens with one attached hydrogen (secondary N) is 1. The molecule has 2 aliphatic carbocycles. The molecule has 0 spiro atoms. The smallest absolute Gasteiger partial charge is 0.425 e. The lowest BCUT2D eigenvalue weighted by Crippen LogP contribution is -2.45. The first-order chi connectivity index (χ1) is 31.6. The van der Waals surface area contributed by atoms with Crippen molar-refractivity contribution in [2.45, 2.75) is 156 Å². The average molecular weight is 905 g/mol. The van der Waals surface area contributed by atoms with Crippen molar-refractivity contribution in [2.75, 3.05) is 18.1 Å². The van der Waals surface area contributed by atoms with Crippen LogP contribution in [0.4, 0.5) is 15.4 Å². The molecule has 0 bridgehead atoms. The van der Waals surface area contributed by atoms with Crippen molar-refractivity contribution in [3.8, 4) is 34.7 Å². The number of aromatic nitrogens is 9. The number of imide groups is 1. The molecule has 2 fully saturated rings. The lowest BCUT2D eigenvalue weighted by Gasteiger charge is -2.29. The molecule has 352 valence electrons. The summed E-state index contributed by atoms with van der Waals surface area (Å²) in [5, 5.41) is 28.9. The molecule has 0 saturated heterocycles. The summed E-state index contributed by atoms with van der Waals surface area (Å²) in [6, 6.07) is 6.72. The molecule has 7 rings (SSSR count). The van der Waals surface area contributed by atoms with E-state index in [4.69, 9.17) is 18.9 Å². The second-order valence-electron chi connectivity index (χ2n) is 18.7. The van der Waals surface area contributed by atoms with Gasteiger partial charge in [-0.15, -0.1) is 0 Å². The number of rotatable bonds is 15. The number of carbonyl (C=O) groups is 2. The van der Waals surface area contributed by atoms with Gasteiger partial charge in [-0.25, -0.2) is 29.5 Å². The van der Waals surface area contributed by atoms with E-state index in [2.05, 4.69) is 47.3 Å². The summed E-state index contributed by atoms with van der Waals surface area (Å²) in [6.45, 7) is 14.7. The standard InChI is InChI=1S/C31H46N6O6.C17H18N6/c1-9-40-25(41-10-2)17-23-26(22-18-35-36(19-22)24(15-16-32)21-13-11-12-14-21)33-20-34-27(23)37(28(38)42-30(3,4)5)29(39)43-31(6,7)8;18-7-5-15(12-3-1-2-4-12)23-10-13(9-22-23)16-14-6-8-19-17(14)21-11-20-16/h18-21,24-25H,9-15,17H2,1-8H3;6,8-12,15H,1-5H2,(H,19,20,21)/t24-;15-/m11/s1. The average Bonchev–Trinajstić information content (AvgIpc) is 4.12. The van der Waals surface area contributed by atoms with Crippen LogP contribution in [-0.2, 0) is 25.4 Å². The Kier molecular flexibility index (Phi) is 16.6. The topological polar surface area (TPSA) is 225 Å². The van der Waals surface area contributed by atoms with Crippen molar-refractivity contribution in [3.05, 3.63) is 55.3 Å². The van der Waals surface area contributed by atoms with Gasteiger partial charge in [0, 0.05) is 60.3 Å². The number of ether oxygens (including phenoxy) is 4. The van der Waals surface area contributed by atoms with Gasteiger partial charge in [0.15, 0.2) is 12.1 Å². The lowest BCUT2D eigenvalue weighted by molar-refractivity contribution is -0.134. The maximum absolute atomic E-state index is 13.6. The minimum absolute atomic E-state index is 0.00461. The summed E-state index contributed by atoms with van der Waals surface area (Å²) in [4.78, 5) is 48.7. The quantitative estimate of drug-likeness (QED) is 0.0965. The van der Waals surface area contributed by atoms with Crippen molar-refractivity contribution in [2.24, 2.45) is 11.8 Å². The van der Waals surface area contributed by atoms with Gasteiger partial charge in [0.05, 0.1) is 60.8 Å². The van der Waals surface area contributed by atoms with Crippen LogP contribution in [0.5, 0.6) is 0 Å². The zero-order valence-corrected chi connectivity index (χ0v) is 39.6. The molecule has 2 saturated carbocycles. The fourth-order valence-corrected chi connectivity index (χ4v) is 8.81. The molecule has 0 aliphatic heterocycles. The SMILES string of the molecule is CCOC(Cc1c(-c2cnn([C@H](CC#N)C3CCCC3)c2)ncnc1N(C(=O)OC(C)(C)C)C(=O)OC(C)(C)C)OCC.N#CC[C@H](C1CCCC1)n1cc(-c2ncnc3[nH]ccc23)cn1. The second kappa shape index (κ2) is 22.3. The van der Waals surface area contributed by atoms with Gasteiger partial charge in [-0.05, 0) is 99.0 Å². The molecule has 66 heavy (non-hydrogen) atoms. The van der Waals surface area contributed by atoms with E-state index in [0.29, 0.717) is 54.7 Å². The predicted molar refractivity (Wildman–Crippen MR) is 247 cm³/mol. The number of anilines is 1. The number of aromatic amines is 1. The zero-order chi connectivity index (χ0) is 47.4. The van der Waals surface area contributed by atoms with E-state index < -0.39 is 29.7 Å². The van der Waals surface area contributed by atoms with Gasteiger partial charge in [-0.3, -0.25) is 9.36 Å². The molecular formula is C48H64N12O6. The fraction of sp³-hybridized carbons (Fsp3) is 0.583. The van der Waals surface area contributed by atoms with Gasteiger partial charge in [-0.1, -0.05) is 25.7 Å². The number of hydrogen-bond acceptors (Lipinski definition) is 14. The molecule has 5 aromatic rings. The Morgan fingerprint density at radius 1 is 0.758 bits per heavy atom. The van der Waals surface area contributed by atoms with Gasteiger partial charge in [-0.2, -0.15) is 25.6 Å². The molecule has 2 atom stereocenters. The van der Waals surface area contributed by atoms with Crippen molar-refractivity contribution in [3.63, 3.8) is 0 Å². The predicted octanol–water partition coefficient (Wildman–Crippen LogP) is 10.1. The van der Waals surface area contributed by atoms with Crippen molar-refractivity contribution in [1.82, 2.24) is 44.5 Å². The Morgan fingerprint density at radius 2 is 1.24 bits per heavy atom. The Morgan fingerprint density at radius 3 is 1.73 bits per heavy atom. The fourth-order valence-electron chi connectivity index (χ4n) is 8.81. The summed E-state index contributed by atoms with van der Waals surface area (Å²) < 4.78 is 26.8. The first-order valence-corrected chi connectivity index (χ1v) is 23.1. The van der Waals surface area contributed by atoms with Crippen LogP contribution in [0.15, 0.2) is 49.7 Å². The number of amides is 2. The highest BCUT2D eigenvalue weighted by molar-refractivity contribution is 6.09. The van der Waals surface area contributed by atoms with Gasteiger partial charge >= 0.3 is 12.2 Å². The van der Waals surface area contributed by atoms with Crippen LogP contribution >= 0.6 is 0 Å². The van der Waals surface area contributed by atoms with Gasteiger partial charge < -0.3 is 23.9 Å². The highest BCUT2D eigenvalue weighted by Gasteiger charge is 2.37. The van der Waals surface area contributed by atoms with Crippen molar-refractivity contribution in [1.29, 1.82) is 10.5 Å². The van der Waals surface area contributed by atoms with Crippen LogP contribution in [0.3, 0.4) is 0 Å². The number of nitriles is 2. The number of hydrogen-bond donors (Lipinski definition) is 1. The number of fused-ring (bicyclic) bond motifs is 1. The van der Waals surface area contributed by atoms with Crippen molar-refractivity contribution < 1.29 is 28.5 Å². The minimum Gasteiger partial charge on any atom is -0.443 e. The van der Waals surface area contributed by atoms with Crippen LogP contribution in [0, 0.1) is 34.5 Å². The first-order valence-electron chi connectivity index (χ1n) is 23.1. The number of carbonyl (C=O) groups excluding carboxylic acids is 2. The highest BCUT2D eigenvalue weighted by atomic mass is 16.7. The van der Waals surface area contributed by atoms with Crippen LogP contribution in [0.1, 0.15) is 137 Å². The summed E-state index contributed by atoms with van der Waals surface area (Å²) in [5.41, 5.74) is 2.38. The molecule has 0 radical (unpaired) electrons. The van der Waals surface area contributed by atoms with Gasteiger partial charge in [0.2, 0.25) is 0 Å². The molecule has 2 aliphatic rings. The summed E-state index contributed by atoms with van der Waals surface area (Å²) in [7, 11) is 0. The van der Waals surface area contributed by atoms with E-state index in [1.807, 2.05) is 54.1 Å². The Bertz CT molecular complexity index is 2420.